The molecule has 1 aliphatic rings. The molecule has 0 radical (unpaired) electrons. The number of alkyl halides is 3. The fourth-order valence-electron chi connectivity index (χ4n) is 3.23. The lowest BCUT2D eigenvalue weighted by molar-refractivity contribution is -0.141. The topological polar surface area (TPSA) is 88.8 Å². The Balaban J connectivity index is 1.80. The van der Waals surface area contributed by atoms with Crippen molar-refractivity contribution >= 4 is 5.91 Å². The van der Waals surface area contributed by atoms with Crippen molar-refractivity contribution in [2.24, 2.45) is 7.05 Å². The number of halogens is 3. The molecule has 2 aromatic rings. The summed E-state index contributed by atoms with van der Waals surface area (Å²) in [5.74, 6) is -0.124. The van der Waals surface area contributed by atoms with Gasteiger partial charge in [-0.1, -0.05) is 0 Å². The van der Waals surface area contributed by atoms with Crippen molar-refractivity contribution in [3.8, 4) is 0 Å². The molecule has 3 rings (SSSR count). The average molecular weight is 372 g/mol. The highest BCUT2D eigenvalue weighted by molar-refractivity contribution is 5.92. The molecule has 1 fully saturated rings. The lowest BCUT2D eigenvalue weighted by Gasteiger charge is -2.31. The maximum Gasteiger partial charge on any atom is 0.432 e. The van der Waals surface area contributed by atoms with Crippen molar-refractivity contribution in [3.05, 3.63) is 33.8 Å². The number of aromatic amines is 1. The first-order valence-electron chi connectivity index (χ1n) is 8.28. The molecule has 1 aliphatic heterocycles. The molecule has 8 nitrogen and oxygen atoms in total. The number of amides is 1. The van der Waals surface area contributed by atoms with Gasteiger partial charge in [0.25, 0.3) is 5.91 Å². The quantitative estimate of drug-likeness (QED) is 0.881. The van der Waals surface area contributed by atoms with Crippen molar-refractivity contribution in [2.75, 3.05) is 13.1 Å². The summed E-state index contributed by atoms with van der Waals surface area (Å²) in [7, 11) is 1.56. The molecule has 0 saturated carbocycles. The Hall–Kier alpha value is -2.59. The standard InChI is InChI=1S/C15H19F3N6O2/c1-3-24-12(21-22(2)14(24)26)9-5-4-6-23(8-9)13(25)10-7-11(20-19-10)15(16,17)18/h7,9H,3-6,8H2,1-2H3,(H,19,20)/t9-/m0/s1. The second-order valence-electron chi connectivity index (χ2n) is 6.26. The lowest BCUT2D eigenvalue weighted by atomic mass is 9.97. The van der Waals surface area contributed by atoms with Crippen molar-refractivity contribution in [3.63, 3.8) is 0 Å². The van der Waals surface area contributed by atoms with Crippen LogP contribution in [0.25, 0.3) is 0 Å². The molecule has 0 aliphatic carbocycles. The van der Waals surface area contributed by atoms with Gasteiger partial charge in [-0.3, -0.25) is 14.5 Å². The van der Waals surface area contributed by atoms with E-state index < -0.39 is 17.8 Å². The third kappa shape index (κ3) is 3.25. The number of rotatable bonds is 3. The molecule has 1 amide bonds. The Kier molecular flexibility index (Phi) is 4.63. The molecule has 142 valence electrons. The van der Waals surface area contributed by atoms with E-state index in [1.165, 1.54) is 9.58 Å². The molecule has 1 N–H and O–H groups in total. The maximum absolute atomic E-state index is 12.7. The van der Waals surface area contributed by atoms with Crippen molar-refractivity contribution < 1.29 is 18.0 Å². The van der Waals surface area contributed by atoms with E-state index in [0.29, 0.717) is 31.4 Å². The fourth-order valence-corrected chi connectivity index (χ4v) is 3.23. The summed E-state index contributed by atoms with van der Waals surface area (Å²) >= 11 is 0. The largest absolute Gasteiger partial charge is 0.432 e. The van der Waals surface area contributed by atoms with Gasteiger partial charge >= 0.3 is 11.9 Å². The van der Waals surface area contributed by atoms with E-state index in [2.05, 4.69) is 10.2 Å². The number of piperidine rings is 1. The monoisotopic (exact) mass is 372 g/mol. The van der Waals surface area contributed by atoms with Crippen molar-refractivity contribution in [2.45, 2.75) is 38.4 Å². The van der Waals surface area contributed by atoms with Crippen LogP contribution in [0.2, 0.25) is 0 Å². The number of hydrogen-bond donors (Lipinski definition) is 1. The molecule has 1 saturated heterocycles. The van der Waals surface area contributed by atoms with Crippen LogP contribution in [0, 0.1) is 0 Å². The SMILES string of the molecule is CCn1c([C@H]2CCCN(C(=O)c3cc(C(F)(F)F)[nH]n3)C2)nn(C)c1=O. The maximum atomic E-state index is 12.7. The van der Waals surface area contributed by atoms with E-state index in [-0.39, 0.29) is 23.8 Å². The zero-order chi connectivity index (χ0) is 19.1. The smallest absolute Gasteiger partial charge is 0.337 e. The van der Waals surface area contributed by atoms with Crippen LogP contribution in [0.1, 0.15) is 47.7 Å². The van der Waals surface area contributed by atoms with Gasteiger partial charge in [0.05, 0.1) is 0 Å². The van der Waals surface area contributed by atoms with E-state index in [1.807, 2.05) is 12.0 Å². The Morgan fingerprint density at radius 2 is 2.15 bits per heavy atom. The minimum atomic E-state index is -4.58. The van der Waals surface area contributed by atoms with E-state index in [0.717, 1.165) is 6.42 Å². The average Bonchev–Trinajstić information content (AvgIpc) is 3.20. The molecule has 11 heteroatoms. The summed E-state index contributed by atoms with van der Waals surface area (Å²) in [4.78, 5) is 26.0. The van der Waals surface area contributed by atoms with E-state index >= 15 is 0 Å². The van der Waals surface area contributed by atoms with Crippen LogP contribution >= 0.6 is 0 Å². The van der Waals surface area contributed by atoms with Gasteiger partial charge in [-0.2, -0.15) is 23.4 Å². The summed E-state index contributed by atoms with van der Waals surface area (Å²) in [6.07, 6.45) is -3.17. The number of carbonyl (C=O) groups excluding carboxylic acids is 1. The van der Waals surface area contributed by atoms with Gasteiger partial charge in [0.1, 0.15) is 11.5 Å². The second kappa shape index (κ2) is 6.61. The number of H-pyrrole nitrogens is 1. The lowest BCUT2D eigenvalue weighted by Crippen LogP contribution is -2.40. The molecule has 2 aromatic heterocycles. The summed E-state index contributed by atoms with van der Waals surface area (Å²) in [6, 6.07) is 0.717. The third-order valence-corrected chi connectivity index (χ3v) is 4.53. The van der Waals surface area contributed by atoms with Gasteiger partial charge in [-0.05, 0) is 19.8 Å². The first kappa shape index (κ1) is 18.2. The van der Waals surface area contributed by atoms with Crippen LogP contribution in [-0.2, 0) is 19.8 Å². The second-order valence-corrected chi connectivity index (χ2v) is 6.26. The Morgan fingerprint density at radius 3 is 2.77 bits per heavy atom. The van der Waals surface area contributed by atoms with E-state index in [4.69, 9.17) is 0 Å². The Labute approximate surface area is 146 Å². The first-order chi connectivity index (χ1) is 12.2. The van der Waals surface area contributed by atoms with Crippen LogP contribution < -0.4 is 5.69 Å². The molecular formula is C15H19F3N6O2. The zero-order valence-corrected chi connectivity index (χ0v) is 14.4. The van der Waals surface area contributed by atoms with Gasteiger partial charge in [0.15, 0.2) is 5.69 Å². The van der Waals surface area contributed by atoms with Crippen molar-refractivity contribution in [1.29, 1.82) is 0 Å². The fraction of sp³-hybridized carbons (Fsp3) is 0.600. The molecule has 0 spiro atoms. The summed E-state index contributed by atoms with van der Waals surface area (Å²) in [5, 5.41) is 9.62. The number of hydrogen-bond acceptors (Lipinski definition) is 4. The van der Waals surface area contributed by atoms with Crippen LogP contribution in [-0.4, -0.2) is 48.4 Å². The highest BCUT2D eigenvalue weighted by Crippen LogP contribution is 2.29. The highest BCUT2D eigenvalue weighted by Gasteiger charge is 2.35. The van der Waals surface area contributed by atoms with Gasteiger partial charge in [0, 0.05) is 38.7 Å². The first-order valence-corrected chi connectivity index (χ1v) is 8.28. The minimum Gasteiger partial charge on any atom is -0.337 e. The van der Waals surface area contributed by atoms with E-state index in [9.17, 15) is 22.8 Å². The van der Waals surface area contributed by atoms with E-state index in [1.54, 1.807) is 11.6 Å². The molecule has 3 heterocycles. The number of nitrogens with zero attached hydrogens (tertiary/aromatic N) is 5. The molecule has 1 atom stereocenters. The summed E-state index contributed by atoms with van der Waals surface area (Å²) < 4.78 is 40.8. The predicted molar refractivity (Wildman–Crippen MR) is 84.6 cm³/mol. The highest BCUT2D eigenvalue weighted by atomic mass is 19.4. The number of aryl methyl sites for hydroxylation is 1. The minimum absolute atomic E-state index is 0.150. The molecular weight excluding hydrogens is 353 g/mol. The molecule has 26 heavy (non-hydrogen) atoms. The normalized spacial score (nSPS) is 18.3. The van der Waals surface area contributed by atoms with Crippen LogP contribution in [0.3, 0.4) is 0 Å². The number of nitrogens with one attached hydrogen (secondary N) is 1. The van der Waals surface area contributed by atoms with Crippen LogP contribution in [0.15, 0.2) is 10.9 Å². The van der Waals surface area contributed by atoms with Gasteiger partial charge in [0.2, 0.25) is 0 Å². The molecule has 0 bridgehead atoms. The third-order valence-electron chi connectivity index (χ3n) is 4.53. The van der Waals surface area contributed by atoms with Gasteiger partial charge in [-0.15, -0.1) is 0 Å². The summed E-state index contributed by atoms with van der Waals surface area (Å²) in [5.41, 5.74) is -1.56. The summed E-state index contributed by atoms with van der Waals surface area (Å²) in [6.45, 7) is 3.00. The Morgan fingerprint density at radius 1 is 1.42 bits per heavy atom. The van der Waals surface area contributed by atoms with Crippen LogP contribution in [0.5, 0.6) is 0 Å². The number of aromatic nitrogens is 5. The number of carbonyl (C=O) groups is 1. The van der Waals surface area contributed by atoms with Gasteiger partial charge in [-0.25, -0.2) is 9.48 Å². The Bertz CT molecular complexity index is 866. The number of likely N-dealkylation sites (tertiary alicyclic amines) is 1. The molecule has 0 unspecified atom stereocenters. The van der Waals surface area contributed by atoms with Crippen molar-refractivity contribution in [1.82, 2.24) is 29.4 Å². The molecule has 0 aromatic carbocycles. The van der Waals surface area contributed by atoms with Gasteiger partial charge < -0.3 is 4.90 Å². The predicted octanol–water partition coefficient (Wildman–Crippen LogP) is 1.36. The zero-order valence-electron chi connectivity index (χ0n) is 14.4. The van der Waals surface area contributed by atoms with Crippen LogP contribution in [0.4, 0.5) is 13.2 Å².